The Morgan fingerprint density at radius 1 is 0.850 bits per heavy atom. The molecule has 1 heterocycles. The van der Waals surface area contributed by atoms with E-state index in [4.69, 9.17) is 9.52 Å². The minimum Gasteiger partial charge on any atom is -0.444 e. The first-order valence-electron chi connectivity index (χ1n) is 6.58. The van der Waals surface area contributed by atoms with Crippen molar-refractivity contribution in [3.8, 4) is 22.6 Å². The molecule has 0 aliphatic rings. The van der Waals surface area contributed by atoms with Crippen LogP contribution in [0.2, 0.25) is 0 Å². The third kappa shape index (κ3) is 2.63. The Bertz CT molecular complexity index is 672. The molecule has 1 aromatic heterocycles. The number of nitrogens with zero attached hydrogens (tertiary/aromatic N) is 1. The van der Waals surface area contributed by atoms with Crippen LogP contribution in [-0.2, 0) is 6.42 Å². The second-order valence-electron chi connectivity index (χ2n) is 4.56. The summed E-state index contributed by atoms with van der Waals surface area (Å²) in [5.41, 5.74) is 4.06. The van der Waals surface area contributed by atoms with Gasteiger partial charge in [-0.15, -0.1) is 0 Å². The Kier molecular flexibility index (Phi) is 3.61. The van der Waals surface area contributed by atoms with Gasteiger partial charge >= 0.3 is 0 Å². The molecule has 0 radical (unpaired) electrons. The van der Waals surface area contributed by atoms with E-state index in [-0.39, 0.29) is 6.61 Å². The van der Waals surface area contributed by atoms with Gasteiger partial charge in [0.05, 0.1) is 5.69 Å². The highest BCUT2D eigenvalue weighted by atomic mass is 16.3. The number of hydrogen-bond acceptors (Lipinski definition) is 3. The topological polar surface area (TPSA) is 46.3 Å². The molecular formula is C17H15NO2. The van der Waals surface area contributed by atoms with Crippen molar-refractivity contribution in [1.29, 1.82) is 0 Å². The molecule has 0 saturated carbocycles. The highest BCUT2D eigenvalue weighted by Crippen LogP contribution is 2.24. The standard InChI is InChI=1S/C17H15NO2/c19-11-10-16-12-20-17(18-16)15-8-6-14(7-9-15)13-4-2-1-3-5-13/h1-9,12,19H,10-11H2. The molecule has 0 amide bonds. The smallest absolute Gasteiger partial charge is 0.226 e. The van der Waals surface area contributed by atoms with Crippen LogP contribution in [0.25, 0.3) is 22.6 Å². The molecule has 3 aromatic rings. The maximum Gasteiger partial charge on any atom is 0.226 e. The number of aromatic nitrogens is 1. The molecule has 0 saturated heterocycles. The van der Waals surface area contributed by atoms with Crippen molar-refractivity contribution in [2.45, 2.75) is 6.42 Å². The van der Waals surface area contributed by atoms with Crippen molar-refractivity contribution in [2.24, 2.45) is 0 Å². The fourth-order valence-electron chi connectivity index (χ4n) is 2.10. The van der Waals surface area contributed by atoms with Gasteiger partial charge in [0.15, 0.2) is 0 Å². The molecule has 3 nitrogen and oxygen atoms in total. The van der Waals surface area contributed by atoms with E-state index in [2.05, 4.69) is 29.2 Å². The minimum absolute atomic E-state index is 0.0823. The number of aliphatic hydroxyl groups excluding tert-OH is 1. The summed E-state index contributed by atoms with van der Waals surface area (Å²) < 4.78 is 5.43. The van der Waals surface area contributed by atoms with Gasteiger partial charge in [0, 0.05) is 18.6 Å². The lowest BCUT2D eigenvalue weighted by atomic mass is 10.0. The van der Waals surface area contributed by atoms with Gasteiger partial charge in [-0.2, -0.15) is 0 Å². The SMILES string of the molecule is OCCc1coc(-c2ccc(-c3ccccc3)cc2)n1. The predicted octanol–water partition coefficient (Wildman–Crippen LogP) is 3.54. The molecule has 3 heteroatoms. The summed E-state index contributed by atoms with van der Waals surface area (Å²) in [6, 6.07) is 18.3. The molecular weight excluding hydrogens is 250 g/mol. The summed E-state index contributed by atoms with van der Waals surface area (Å²) >= 11 is 0. The average Bonchev–Trinajstić information content (AvgIpc) is 2.97. The van der Waals surface area contributed by atoms with Crippen molar-refractivity contribution < 1.29 is 9.52 Å². The highest BCUT2D eigenvalue weighted by molar-refractivity contribution is 5.67. The number of benzene rings is 2. The minimum atomic E-state index is 0.0823. The first-order chi connectivity index (χ1) is 9.86. The van der Waals surface area contributed by atoms with E-state index in [0.717, 1.165) is 16.8 Å². The van der Waals surface area contributed by atoms with Crippen LogP contribution in [0.1, 0.15) is 5.69 Å². The third-order valence-corrected chi connectivity index (χ3v) is 3.16. The van der Waals surface area contributed by atoms with Gasteiger partial charge < -0.3 is 9.52 Å². The van der Waals surface area contributed by atoms with Gasteiger partial charge in [-0.05, 0) is 23.3 Å². The molecule has 0 fully saturated rings. The van der Waals surface area contributed by atoms with E-state index >= 15 is 0 Å². The molecule has 3 rings (SSSR count). The maximum absolute atomic E-state index is 8.88. The van der Waals surface area contributed by atoms with Crippen LogP contribution in [0.4, 0.5) is 0 Å². The van der Waals surface area contributed by atoms with Crippen LogP contribution in [0.3, 0.4) is 0 Å². The van der Waals surface area contributed by atoms with E-state index in [9.17, 15) is 0 Å². The molecule has 100 valence electrons. The molecule has 0 atom stereocenters. The van der Waals surface area contributed by atoms with Gasteiger partial charge in [-0.25, -0.2) is 4.98 Å². The predicted molar refractivity (Wildman–Crippen MR) is 78.2 cm³/mol. The van der Waals surface area contributed by atoms with Crippen LogP contribution in [0, 0.1) is 0 Å². The second kappa shape index (κ2) is 5.72. The first-order valence-corrected chi connectivity index (χ1v) is 6.58. The Hall–Kier alpha value is -2.39. The number of oxazole rings is 1. The van der Waals surface area contributed by atoms with Crippen LogP contribution in [0.15, 0.2) is 65.3 Å². The molecule has 0 spiro atoms. The summed E-state index contributed by atoms with van der Waals surface area (Å²) in [5, 5.41) is 8.88. The molecule has 20 heavy (non-hydrogen) atoms. The zero-order valence-corrected chi connectivity index (χ0v) is 11.0. The van der Waals surface area contributed by atoms with Crippen LogP contribution in [-0.4, -0.2) is 16.7 Å². The van der Waals surface area contributed by atoms with Crippen molar-refractivity contribution in [2.75, 3.05) is 6.61 Å². The van der Waals surface area contributed by atoms with Crippen molar-refractivity contribution >= 4 is 0 Å². The molecule has 2 aromatic carbocycles. The van der Waals surface area contributed by atoms with E-state index in [1.165, 1.54) is 5.56 Å². The van der Waals surface area contributed by atoms with Crippen LogP contribution in [0.5, 0.6) is 0 Å². The average molecular weight is 265 g/mol. The summed E-state index contributed by atoms with van der Waals surface area (Å²) in [7, 11) is 0. The quantitative estimate of drug-likeness (QED) is 0.784. The lowest BCUT2D eigenvalue weighted by Crippen LogP contribution is -1.90. The van der Waals surface area contributed by atoms with Gasteiger partial charge in [-0.3, -0.25) is 0 Å². The Morgan fingerprint density at radius 2 is 1.50 bits per heavy atom. The maximum atomic E-state index is 8.88. The molecule has 0 unspecified atom stereocenters. The number of rotatable bonds is 4. The van der Waals surface area contributed by atoms with Crippen LogP contribution >= 0.6 is 0 Å². The van der Waals surface area contributed by atoms with E-state index in [1.54, 1.807) is 6.26 Å². The van der Waals surface area contributed by atoms with Crippen molar-refractivity contribution in [3.63, 3.8) is 0 Å². The normalized spacial score (nSPS) is 10.7. The molecule has 0 aliphatic carbocycles. The highest BCUT2D eigenvalue weighted by Gasteiger charge is 2.06. The summed E-state index contributed by atoms with van der Waals surface area (Å²) in [6.07, 6.45) is 2.11. The lowest BCUT2D eigenvalue weighted by Gasteiger charge is -2.02. The largest absolute Gasteiger partial charge is 0.444 e. The molecule has 0 bridgehead atoms. The van der Waals surface area contributed by atoms with Crippen molar-refractivity contribution in [3.05, 3.63) is 66.6 Å². The van der Waals surface area contributed by atoms with Gasteiger partial charge in [-0.1, -0.05) is 42.5 Å². The first kappa shape index (κ1) is 12.6. The Labute approximate surface area is 117 Å². The fraction of sp³-hybridized carbons (Fsp3) is 0.118. The van der Waals surface area contributed by atoms with Crippen molar-refractivity contribution in [1.82, 2.24) is 4.98 Å². The van der Waals surface area contributed by atoms with Gasteiger partial charge in [0.1, 0.15) is 6.26 Å². The molecule has 1 N–H and O–H groups in total. The van der Waals surface area contributed by atoms with Gasteiger partial charge in [0.2, 0.25) is 5.89 Å². The lowest BCUT2D eigenvalue weighted by molar-refractivity contribution is 0.298. The number of hydrogen-bond donors (Lipinski definition) is 1. The van der Waals surface area contributed by atoms with E-state index in [0.29, 0.717) is 12.3 Å². The van der Waals surface area contributed by atoms with E-state index < -0.39 is 0 Å². The fourth-order valence-corrected chi connectivity index (χ4v) is 2.10. The monoisotopic (exact) mass is 265 g/mol. The Balaban J connectivity index is 1.85. The van der Waals surface area contributed by atoms with Crippen LogP contribution < -0.4 is 0 Å². The van der Waals surface area contributed by atoms with E-state index in [1.807, 2.05) is 30.3 Å². The summed E-state index contributed by atoms with van der Waals surface area (Å²) in [5.74, 6) is 0.591. The molecule has 0 aliphatic heterocycles. The Morgan fingerprint density at radius 3 is 2.20 bits per heavy atom. The zero-order valence-electron chi connectivity index (χ0n) is 11.0. The third-order valence-electron chi connectivity index (χ3n) is 3.16. The second-order valence-corrected chi connectivity index (χ2v) is 4.56. The summed E-state index contributed by atoms with van der Waals surface area (Å²) in [4.78, 5) is 4.35. The zero-order chi connectivity index (χ0) is 13.8. The number of aliphatic hydroxyl groups is 1. The summed E-state index contributed by atoms with van der Waals surface area (Å²) in [6.45, 7) is 0.0823. The van der Waals surface area contributed by atoms with Gasteiger partial charge in [0.25, 0.3) is 0 Å².